The molecule has 1 aromatic heterocycles. The van der Waals surface area contributed by atoms with E-state index >= 15 is 0 Å². The third-order valence-corrected chi connectivity index (χ3v) is 1.96. The van der Waals surface area contributed by atoms with E-state index in [9.17, 15) is 5.11 Å². The first-order valence-electron chi connectivity index (χ1n) is 3.40. The van der Waals surface area contributed by atoms with E-state index in [1.54, 1.807) is 5.51 Å². The van der Waals surface area contributed by atoms with Gasteiger partial charge in [0.25, 0.3) is 0 Å². The molecule has 0 saturated carbocycles. The van der Waals surface area contributed by atoms with Crippen molar-refractivity contribution in [1.29, 1.82) is 0 Å². The van der Waals surface area contributed by atoms with Crippen LogP contribution in [0.25, 0.3) is 0 Å². The van der Waals surface area contributed by atoms with Crippen LogP contribution in [0.5, 0.6) is 0 Å². The van der Waals surface area contributed by atoms with Gasteiger partial charge in [-0.3, -0.25) is 0 Å². The van der Waals surface area contributed by atoms with Crippen molar-refractivity contribution in [2.24, 2.45) is 0 Å². The Balaban J connectivity index is 2.50. The van der Waals surface area contributed by atoms with Gasteiger partial charge in [-0.15, -0.1) is 11.3 Å². The molecule has 0 aliphatic carbocycles. The minimum Gasteiger partial charge on any atom is -0.387 e. The van der Waals surface area contributed by atoms with Crippen LogP contribution in [-0.4, -0.2) is 10.1 Å². The largest absolute Gasteiger partial charge is 0.387 e. The Hall–Kier alpha value is -0.410. The van der Waals surface area contributed by atoms with Crippen molar-refractivity contribution >= 4 is 11.3 Å². The molecule has 0 bridgehead atoms. The molecule has 0 spiro atoms. The molecule has 0 aliphatic rings. The van der Waals surface area contributed by atoms with Crippen molar-refractivity contribution in [1.82, 2.24) is 4.98 Å². The Morgan fingerprint density at radius 1 is 1.80 bits per heavy atom. The van der Waals surface area contributed by atoms with Gasteiger partial charge in [-0.2, -0.15) is 0 Å². The third kappa shape index (κ3) is 1.78. The third-order valence-electron chi connectivity index (χ3n) is 1.35. The maximum absolute atomic E-state index is 9.35. The van der Waals surface area contributed by atoms with Crippen molar-refractivity contribution < 1.29 is 5.11 Å². The van der Waals surface area contributed by atoms with Gasteiger partial charge >= 0.3 is 0 Å². The van der Waals surface area contributed by atoms with E-state index in [4.69, 9.17) is 0 Å². The number of aromatic nitrogens is 1. The molecular weight excluding hydrogens is 146 g/mol. The summed E-state index contributed by atoms with van der Waals surface area (Å²) in [5.41, 5.74) is 2.56. The number of rotatable bonds is 3. The summed E-state index contributed by atoms with van der Waals surface area (Å²) in [6.45, 7) is 2.05. The SMILES string of the molecule is CCC[C@H](O)c1cscn1. The first kappa shape index (κ1) is 7.69. The maximum Gasteiger partial charge on any atom is 0.0968 e. The Labute approximate surface area is 64.5 Å². The summed E-state index contributed by atoms with van der Waals surface area (Å²) in [4.78, 5) is 4.00. The first-order valence-corrected chi connectivity index (χ1v) is 4.35. The molecule has 10 heavy (non-hydrogen) atoms. The molecule has 0 aliphatic heterocycles. The predicted octanol–water partition coefficient (Wildman–Crippen LogP) is 1.98. The smallest absolute Gasteiger partial charge is 0.0968 e. The fourth-order valence-corrected chi connectivity index (χ4v) is 1.41. The number of hydrogen-bond acceptors (Lipinski definition) is 3. The number of thiazole rings is 1. The van der Waals surface area contributed by atoms with Crippen LogP contribution in [0.2, 0.25) is 0 Å². The maximum atomic E-state index is 9.35. The molecule has 1 atom stereocenters. The number of aliphatic hydroxyl groups excluding tert-OH is 1. The molecule has 0 unspecified atom stereocenters. The molecule has 1 rings (SSSR count). The lowest BCUT2D eigenvalue weighted by Crippen LogP contribution is -1.95. The molecule has 0 amide bonds. The molecule has 1 heterocycles. The average molecular weight is 157 g/mol. The Morgan fingerprint density at radius 3 is 3.10 bits per heavy atom. The van der Waals surface area contributed by atoms with Gasteiger partial charge in [-0.1, -0.05) is 13.3 Å². The second-order valence-corrected chi connectivity index (χ2v) is 2.94. The van der Waals surface area contributed by atoms with Crippen LogP contribution in [0.4, 0.5) is 0 Å². The average Bonchev–Trinajstić information content (AvgIpc) is 2.38. The van der Waals surface area contributed by atoms with Crippen LogP contribution in [-0.2, 0) is 0 Å². The molecule has 56 valence electrons. The highest BCUT2D eigenvalue weighted by Crippen LogP contribution is 2.16. The molecule has 0 aromatic carbocycles. The van der Waals surface area contributed by atoms with Crippen LogP contribution in [0.15, 0.2) is 10.9 Å². The summed E-state index contributed by atoms with van der Waals surface area (Å²) in [7, 11) is 0. The Kier molecular flexibility index (Phi) is 2.83. The van der Waals surface area contributed by atoms with Crippen LogP contribution in [0.3, 0.4) is 0 Å². The van der Waals surface area contributed by atoms with Gasteiger partial charge in [0.15, 0.2) is 0 Å². The second-order valence-electron chi connectivity index (χ2n) is 2.22. The zero-order valence-corrected chi connectivity index (χ0v) is 6.77. The van der Waals surface area contributed by atoms with E-state index in [1.165, 1.54) is 11.3 Å². The van der Waals surface area contributed by atoms with Gasteiger partial charge in [0.05, 0.1) is 17.3 Å². The summed E-state index contributed by atoms with van der Waals surface area (Å²) >= 11 is 1.52. The standard InChI is InChI=1S/C7H11NOS/c1-2-3-7(9)6-4-10-5-8-6/h4-5,7,9H,2-3H2,1H3/t7-/m0/s1. The summed E-state index contributed by atoms with van der Waals surface area (Å²) < 4.78 is 0. The fourth-order valence-electron chi connectivity index (χ4n) is 0.808. The molecular formula is C7H11NOS. The van der Waals surface area contributed by atoms with E-state index in [1.807, 2.05) is 5.38 Å². The molecule has 1 aromatic rings. The van der Waals surface area contributed by atoms with Gasteiger partial charge in [-0.25, -0.2) is 4.98 Å². The zero-order chi connectivity index (χ0) is 7.40. The summed E-state index contributed by atoms with van der Waals surface area (Å²) in [6, 6.07) is 0. The summed E-state index contributed by atoms with van der Waals surface area (Å²) in [5.74, 6) is 0. The van der Waals surface area contributed by atoms with Crippen LogP contribution in [0.1, 0.15) is 31.6 Å². The highest BCUT2D eigenvalue weighted by Gasteiger charge is 2.06. The Morgan fingerprint density at radius 2 is 2.60 bits per heavy atom. The topological polar surface area (TPSA) is 33.1 Å². The number of aliphatic hydroxyl groups is 1. The monoisotopic (exact) mass is 157 g/mol. The highest BCUT2D eigenvalue weighted by molar-refractivity contribution is 7.07. The van der Waals surface area contributed by atoms with Crippen molar-refractivity contribution in [2.75, 3.05) is 0 Å². The normalized spacial score (nSPS) is 13.4. The molecule has 0 radical (unpaired) electrons. The van der Waals surface area contributed by atoms with E-state index in [0.717, 1.165) is 18.5 Å². The molecule has 2 nitrogen and oxygen atoms in total. The lowest BCUT2D eigenvalue weighted by atomic mass is 10.2. The first-order chi connectivity index (χ1) is 4.84. The molecule has 0 saturated heterocycles. The van der Waals surface area contributed by atoms with Crippen molar-refractivity contribution in [3.8, 4) is 0 Å². The minimum absolute atomic E-state index is 0.351. The molecule has 0 fully saturated rings. The molecule has 3 heteroatoms. The van der Waals surface area contributed by atoms with Crippen molar-refractivity contribution in [3.05, 3.63) is 16.6 Å². The number of nitrogens with zero attached hydrogens (tertiary/aromatic N) is 1. The van der Waals surface area contributed by atoms with Gasteiger partial charge in [0.1, 0.15) is 0 Å². The quantitative estimate of drug-likeness (QED) is 0.727. The number of hydrogen-bond donors (Lipinski definition) is 1. The van der Waals surface area contributed by atoms with Gasteiger partial charge in [-0.05, 0) is 6.42 Å². The van der Waals surface area contributed by atoms with E-state index < -0.39 is 0 Å². The van der Waals surface area contributed by atoms with Gasteiger partial charge in [0, 0.05) is 5.38 Å². The van der Waals surface area contributed by atoms with Crippen LogP contribution < -0.4 is 0 Å². The van der Waals surface area contributed by atoms with Crippen molar-refractivity contribution in [2.45, 2.75) is 25.9 Å². The van der Waals surface area contributed by atoms with Gasteiger partial charge in [0.2, 0.25) is 0 Å². The summed E-state index contributed by atoms with van der Waals surface area (Å²) in [6.07, 6.45) is 1.46. The lowest BCUT2D eigenvalue weighted by Gasteiger charge is -2.03. The van der Waals surface area contributed by atoms with Gasteiger partial charge < -0.3 is 5.11 Å². The second kappa shape index (κ2) is 3.68. The lowest BCUT2D eigenvalue weighted by molar-refractivity contribution is 0.162. The van der Waals surface area contributed by atoms with Crippen LogP contribution >= 0.6 is 11.3 Å². The molecule has 1 N–H and O–H groups in total. The highest BCUT2D eigenvalue weighted by atomic mass is 32.1. The zero-order valence-electron chi connectivity index (χ0n) is 5.95. The van der Waals surface area contributed by atoms with Crippen LogP contribution in [0, 0.1) is 0 Å². The van der Waals surface area contributed by atoms with Crippen molar-refractivity contribution in [3.63, 3.8) is 0 Å². The predicted molar refractivity (Wildman–Crippen MR) is 42.0 cm³/mol. The van der Waals surface area contributed by atoms with E-state index in [-0.39, 0.29) is 6.10 Å². The minimum atomic E-state index is -0.351. The fraction of sp³-hybridized carbons (Fsp3) is 0.571. The Bertz CT molecular complexity index is 174. The van der Waals surface area contributed by atoms with E-state index in [0.29, 0.717) is 0 Å². The summed E-state index contributed by atoms with van der Waals surface area (Å²) in [5, 5.41) is 11.2. The van der Waals surface area contributed by atoms with E-state index in [2.05, 4.69) is 11.9 Å².